The summed E-state index contributed by atoms with van der Waals surface area (Å²) < 4.78 is 0. The third-order valence-electron chi connectivity index (χ3n) is 5.98. The largest absolute Gasteiger partial charge is 0.356 e. The molecular formula is C23H23N3O2. The zero-order valence-corrected chi connectivity index (χ0v) is 15.9. The fourth-order valence-electron chi connectivity index (χ4n) is 4.64. The summed E-state index contributed by atoms with van der Waals surface area (Å²) in [5.74, 6) is -0.115. The summed E-state index contributed by atoms with van der Waals surface area (Å²) >= 11 is 0. The molecular weight excluding hydrogens is 350 g/mol. The van der Waals surface area contributed by atoms with E-state index >= 15 is 0 Å². The van der Waals surface area contributed by atoms with Crippen LogP contribution >= 0.6 is 0 Å². The van der Waals surface area contributed by atoms with Gasteiger partial charge in [0.15, 0.2) is 0 Å². The van der Waals surface area contributed by atoms with Gasteiger partial charge in [-0.15, -0.1) is 0 Å². The van der Waals surface area contributed by atoms with E-state index in [2.05, 4.69) is 29.4 Å². The van der Waals surface area contributed by atoms with Gasteiger partial charge in [-0.25, -0.2) is 0 Å². The average Bonchev–Trinajstić information content (AvgIpc) is 3.24. The molecule has 0 fully saturated rings. The van der Waals surface area contributed by atoms with Crippen LogP contribution in [0, 0.1) is 0 Å². The van der Waals surface area contributed by atoms with Crippen molar-refractivity contribution < 1.29 is 9.59 Å². The normalized spacial score (nSPS) is 20.0. The molecule has 2 aliphatic rings. The van der Waals surface area contributed by atoms with E-state index in [0.717, 1.165) is 40.6 Å². The van der Waals surface area contributed by atoms with Crippen LogP contribution in [0.2, 0.25) is 0 Å². The van der Waals surface area contributed by atoms with Crippen LogP contribution in [0.3, 0.4) is 0 Å². The molecule has 2 N–H and O–H groups in total. The first-order valence-corrected chi connectivity index (χ1v) is 9.99. The molecule has 0 aliphatic carbocycles. The Labute approximate surface area is 163 Å². The van der Waals surface area contributed by atoms with Crippen LogP contribution in [-0.2, 0) is 11.2 Å². The number of nitrogens with one attached hydrogen (secondary N) is 2. The molecule has 0 radical (unpaired) electrons. The van der Waals surface area contributed by atoms with Gasteiger partial charge in [0.1, 0.15) is 6.04 Å². The van der Waals surface area contributed by atoms with E-state index in [0.29, 0.717) is 18.5 Å². The first kappa shape index (κ1) is 17.0. The van der Waals surface area contributed by atoms with Crippen LogP contribution in [0.15, 0.2) is 48.5 Å². The number of carbonyl (C=O) groups excluding carboxylic acids is 2. The van der Waals surface area contributed by atoms with Crippen molar-refractivity contribution in [2.24, 2.45) is 0 Å². The Morgan fingerprint density at radius 1 is 1.18 bits per heavy atom. The van der Waals surface area contributed by atoms with Gasteiger partial charge in [0.2, 0.25) is 5.91 Å². The van der Waals surface area contributed by atoms with Crippen LogP contribution in [-0.4, -0.2) is 34.3 Å². The van der Waals surface area contributed by atoms with Crippen LogP contribution in [0.25, 0.3) is 10.9 Å². The van der Waals surface area contributed by atoms with E-state index in [1.165, 1.54) is 0 Å². The van der Waals surface area contributed by atoms with Crippen molar-refractivity contribution in [3.63, 3.8) is 0 Å². The summed E-state index contributed by atoms with van der Waals surface area (Å²) in [7, 11) is 0. The smallest absolute Gasteiger partial charge is 0.255 e. The van der Waals surface area contributed by atoms with E-state index in [-0.39, 0.29) is 17.9 Å². The summed E-state index contributed by atoms with van der Waals surface area (Å²) in [6.45, 7) is 2.74. The summed E-state index contributed by atoms with van der Waals surface area (Å²) in [6.07, 6.45) is 2.50. The van der Waals surface area contributed by atoms with E-state index in [1.54, 1.807) is 4.90 Å². The molecule has 0 saturated carbocycles. The van der Waals surface area contributed by atoms with Gasteiger partial charge in [0, 0.05) is 35.1 Å². The van der Waals surface area contributed by atoms with Gasteiger partial charge >= 0.3 is 0 Å². The molecule has 142 valence electrons. The molecule has 5 nitrogen and oxygen atoms in total. The zero-order valence-electron chi connectivity index (χ0n) is 15.9. The van der Waals surface area contributed by atoms with Gasteiger partial charge in [-0.3, -0.25) is 9.59 Å². The number of H-pyrrole nitrogens is 1. The number of para-hydroxylation sites is 1. The van der Waals surface area contributed by atoms with E-state index in [1.807, 2.05) is 36.4 Å². The molecule has 28 heavy (non-hydrogen) atoms. The van der Waals surface area contributed by atoms with Crippen molar-refractivity contribution in [3.05, 3.63) is 70.9 Å². The topological polar surface area (TPSA) is 65.2 Å². The molecule has 3 aromatic rings. The molecule has 2 atom stereocenters. The number of carbonyl (C=O) groups is 2. The standard InChI is InChI=1S/C23H23N3O2/c1-2-3-12-24-22(27)19-13-17-14-8-6-7-11-18(14)25-20(17)21-15-9-4-5-10-16(15)23(28)26(19)21/h4-11,19,21,25H,2-3,12-13H2,1H3,(H,24,27)/t19-,21?/m0/s1. The minimum atomic E-state index is -0.492. The minimum Gasteiger partial charge on any atom is -0.356 e. The number of unbranched alkanes of at least 4 members (excludes halogenated alkanes) is 1. The van der Waals surface area contributed by atoms with Crippen molar-refractivity contribution in [2.75, 3.05) is 6.54 Å². The minimum absolute atomic E-state index is 0.0550. The average molecular weight is 373 g/mol. The maximum Gasteiger partial charge on any atom is 0.255 e. The number of hydrogen-bond donors (Lipinski definition) is 2. The van der Waals surface area contributed by atoms with Crippen molar-refractivity contribution in [1.29, 1.82) is 0 Å². The van der Waals surface area contributed by atoms with Gasteiger partial charge in [-0.2, -0.15) is 0 Å². The Bertz CT molecular complexity index is 1080. The predicted octanol–water partition coefficient (Wildman–Crippen LogP) is 3.55. The van der Waals surface area contributed by atoms with Crippen molar-refractivity contribution in [1.82, 2.24) is 15.2 Å². The molecule has 2 amide bonds. The van der Waals surface area contributed by atoms with E-state index in [4.69, 9.17) is 0 Å². The van der Waals surface area contributed by atoms with Gasteiger partial charge in [0.05, 0.1) is 6.04 Å². The number of aromatic amines is 1. The maximum atomic E-state index is 13.2. The van der Waals surface area contributed by atoms with E-state index in [9.17, 15) is 9.59 Å². The molecule has 0 bridgehead atoms. The first-order valence-electron chi connectivity index (χ1n) is 9.99. The molecule has 1 unspecified atom stereocenters. The number of benzene rings is 2. The molecule has 0 saturated heterocycles. The first-order chi connectivity index (χ1) is 13.7. The number of hydrogen-bond acceptors (Lipinski definition) is 2. The third kappa shape index (κ3) is 2.39. The molecule has 2 aromatic carbocycles. The summed E-state index contributed by atoms with van der Waals surface area (Å²) in [6, 6.07) is 15.2. The number of rotatable bonds is 4. The Balaban J connectivity index is 1.65. The lowest BCUT2D eigenvalue weighted by Crippen LogP contribution is -2.52. The third-order valence-corrected chi connectivity index (χ3v) is 5.98. The van der Waals surface area contributed by atoms with Gasteiger partial charge in [-0.05, 0) is 29.7 Å². The Morgan fingerprint density at radius 2 is 1.96 bits per heavy atom. The highest BCUT2D eigenvalue weighted by Gasteiger charge is 2.48. The zero-order chi connectivity index (χ0) is 19.3. The van der Waals surface area contributed by atoms with Crippen LogP contribution in [0.1, 0.15) is 53.0 Å². The highest BCUT2D eigenvalue weighted by atomic mass is 16.2. The predicted molar refractivity (Wildman–Crippen MR) is 108 cm³/mol. The van der Waals surface area contributed by atoms with E-state index < -0.39 is 6.04 Å². The molecule has 3 heterocycles. The maximum absolute atomic E-state index is 13.2. The fourth-order valence-corrected chi connectivity index (χ4v) is 4.64. The molecule has 5 heteroatoms. The monoisotopic (exact) mass is 373 g/mol. The van der Waals surface area contributed by atoms with Crippen LogP contribution < -0.4 is 5.32 Å². The lowest BCUT2D eigenvalue weighted by molar-refractivity contribution is -0.126. The fraction of sp³-hybridized carbons (Fsp3) is 0.304. The lowest BCUT2D eigenvalue weighted by Gasteiger charge is -2.37. The van der Waals surface area contributed by atoms with Gasteiger partial charge < -0.3 is 15.2 Å². The van der Waals surface area contributed by atoms with Gasteiger partial charge in [-0.1, -0.05) is 49.7 Å². The second kappa shape index (κ2) is 6.51. The van der Waals surface area contributed by atoms with Crippen molar-refractivity contribution >= 4 is 22.7 Å². The highest BCUT2D eigenvalue weighted by Crippen LogP contribution is 2.46. The summed E-state index contributed by atoms with van der Waals surface area (Å²) in [5, 5.41) is 4.18. The Kier molecular flexibility index (Phi) is 3.97. The molecule has 2 aliphatic heterocycles. The lowest BCUT2D eigenvalue weighted by atomic mass is 9.90. The second-order valence-corrected chi connectivity index (χ2v) is 7.63. The number of amides is 2. The summed E-state index contributed by atoms with van der Waals surface area (Å²) in [4.78, 5) is 31.6. The number of nitrogens with zero attached hydrogens (tertiary/aromatic N) is 1. The molecule has 5 rings (SSSR count). The molecule has 0 spiro atoms. The Morgan fingerprint density at radius 3 is 2.82 bits per heavy atom. The number of aromatic nitrogens is 1. The highest BCUT2D eigenvalue weighted by molar-refractivity contribution is 6.03. The molecule has 1 aromatic heterocycles. The van der Waals surface area contributed by atoms with Crippen molar-refractivity contribution in [3.8, 4) is 0 Å². The van der Waals surface area contributed by atoms with Gasteiger partial charge in [0.25, 0.3) is 5.91 Å². The SMILES string of the molecule is CCCCNC(=O)[C@@H]1Cc2c([nH]c3ccccc23)C2c3ccccc3C(=O)N21. The summed E-state index contributed by atoms with van der Waals surface area (Å²) in [5.41, 5.74) is 4.92. The van der Waals surface area contributed by atoms with Crippen LogP contribution in [0.5, 0.6) is 0 Å². The van der Waals surface area contributed by atoms with Crippen molar-refractivity contribution in [2.45, 2.75) is 38.3 Å². The quantitative estimate of drug-likeness (QED) is 0.687. The number of fused-ring (bicyclic) bond motifs is 7. The second-order valence-electron chi connectivity index (χ2n) is 7.63. The van der Waals surface area contributed by atoms with Crippen LogP contribution in [0.4, 0.5) is 0 Å². The Hall–Kier alpha value is -3.08.